The van der Waals surface area contributed by atoms with Gasteiger partial charge in [-0.05, 0) is 45.4 Å². The molecule has 1 saturated heterocycles. The number of anilines is 2. The second kappa shape index (κ2) is 8.36. The average Bonchev–Trinajstić information content (AvgIpc) is 2.65. The second-order valence-electron chi connectivity index (χ2n) is 6.83. The standard InChI is InChI=1S/C18H28N4O3/c1-2-24-18(23)13-7-6-10-22(11-13)16-15(19)17(21-12-20-16)25-14-8-4-3-5-9-14/h12-14H,2-11,19H2,1H3. The first-order chi connectivity index (χ1) is 12.2. The number of nitrogen functional groups attached to an aromatic ring is 1. The number of nitrogens with two attached hydrogens (primary N) is 1. The predicted molar refractivity (Wildman–Crippen MR) is 95.5 cm³/mol. The summed E-state index contributed by atoms with van der Waals surface area (Å²) in [6.45, 7) is 3.63. The highest BCUT2D eigenvalue weighted by molar-refractivity contribution is 5.75. The Morgan fingerprint density at radius 3 is 2.80 bits per heavy atom. The van der Waals surface area contributed by atoms with Crippen molar-refractivity contribution in [1.29, 1.82) is 0 Å². The van der Waals surface area contributed by atoms with E-state index in [1.807, 2.05) is 6.92 Å². The topological polar surface area (TPSA) is 90.6 Å². The third kappa shape index (κ3) is 4.32. The van der Waals surface area contributed by atoms with Gasteiger partial charge in [-0.3, -0.25) is 4.79 Å². The molecule has 0 amide bonds. The van der Waals surface area contributed by atoms with E-state index in [2.05, 4.69) is 14.9 Å². The minimum atomic E-state index is -0.140. The predicted octanol–water partition coefficient (Wildman–Crippen LogP) is 2.55. The molecule has 1 aliphatic heterocycles. The molecule has 2 heterocycles. The van der Waals surface area contributed by atoms with Crippen LogP contribution in [0.3, 0.4) is 0 Å². The van der Waals surface area contributed by atoms with Gasteiger partial charge in [0.1, 0.15) is 18.1 Å². The zero-order valence-corrected chi connectivity index (χ0v) is 14.9. The van der Waals surface area contributed by atoms with Gasteiger partial charge in [0.05, 0.1) is 12.5 Å². The van der Waals surface area contributed by atoms with Crippen molar-refractivity contribution < 1.29 is 14.3 Å². The fourth-order valence-electron chi connectivity index (χ4n) is 3.68. The van der Waals surface area contributed by atoms with Crippen LogP contribution in [0, 0.1) is 5.92 Å². The van der Waals surface area contributed by atoms with Gasteiger partial charge in [-0.25, -0.2) is 4.98 Å². The van der Waals surface area contributed by atoms with Gasteiger partial charge < -0.3 is 20.1 Å². The van der Waals surface area contributed by atoms with E-state index >= 15 is 0 Å². The molecule has 1 saturated carbocycles. The number of carbonyl (C=O) groups excluding carboxylic acids is 1. The van der Waals surface area contributed by atoms with Gasteiger partial charge in [-0.1, -0.05) is 6.42 Å². The maximum atomic E-state index is 12.1. The Bertz CT molecular complexity index is 590. The Morgan fingerprint density at radius 2 is 2.04 bits per heavy atom. The Labute approximate surface area is 148 Å². The number of piperidine rings is 1. The summed E-state index contributed by atoms with van der Waals surface area (Å²) in [4.78, 5) is 22.7. The van der Waals surface area contributed by atoms with Crippen molar-refractivity contribution >= 4 is 17.5 Å². The number of rotatable bonds is 5. The summed E-state index contributed by atoms with van der Waals surface area (Å²) in [5.41, 5.74) is 6.77. The van der Waals surface area contributed by atoms with Crippen LogP contribution in [0.1, 0.15) is 51.9 Å². The smallest absolute Gasteiger partial charge is 0.310 e. The Balaban J connectivity index is 1.71. The molecule has 0 spiro atoms. The van der Waals surface area contributed by atoms with Crippen LogP contribution in [0.25, 0.3) is 0 Å². The molecule has 0 aromatic carbocycles. The molecule has 7 nitrogen and oxygen atoms in total. The fraction of sp³-hybridized carbons (Fsp3) is 0.722. The van der Waals surface area contributed by atoms with Gasteiger partial charge in [0.15, 0.2) is 5.82 Å². The molecule has 1 unspecified atom stereocenters. The third-order valence-corrected chi connectivity index (χ3v) is 5.00. The molecule has 3 rings (SSSR count). The molecule has 1 aromatic rings. The number of nitrogens with zero attached hydrogens (tertiary/aromatic N) is 3. The molecule has 1 aromatic heterocycles. The lowest BCUT2D eigenvalue weighted by Crippen LogP contribution is -2.40. The molecule has 1 aliphatic carbocycles. The normalized spacial score (nSPS) is 21.8. The van der Waals surface area contributed by atoms with Gasteiger partial charge in [-0.15, -0.1) is 0 Å². The SMILES string of the molecule is CCOC(=O)C1CCCN(c2ncnc(OC3CCCCC3)c2N)C1. The van der Waals surface area contributed by atoms with Gasteiger partial charge >= 0.3 is 5.97 Å². The molecule has 0 radical (unpaired) electrons. The second-order valence-corrected chi connectivity index (χ2v) is 6.83. The number of esters is 1. The molecule has 0 bridgehead atoms. The lowest BCUT2D eigenvalue weighted by Gasteiger charge is -2.33. The number of hydrogen-bond acceptors (Lipinski definition) is 7. The van der Waals surface area contributed by atoms with E-state index in [1.54, 1.807) is 0 Å². The highest BCUT2D eigenvalue weighted by Crippen LogP contribution is 2.33. The van der Waals surface area contributed by atoms with Crippen molar-refractivity contribution in [3.8, 4) is 5.88 Å². The zero-order valence-electron chi connectivity index (χ0n) is 14.9. The number of aromatic nitrogens is 2. The van der Waals surface area contributed by atoms with Crippen molar-refractivity contribution in [3.63, 3.8) is 0 Å². The summed E-state index contributed by atoms with van der Waals surface area (Å²) in [6.07, 6.45) is 9.18. The molecule has 2 fully saturated rings. The monoisotopic (exact) mass is 348 g/mol. The maximum Gasteiger partial charge on any atom is 0.310 e. The summed E-state index contributed by atoms with van der Waals surface area (Å²) < 4.78 is 11.2. The molecular weight excluding hydrogens is 320 g/mol. The van der Waals surface area contributed by atoms with Crippen molar-refractivity contribution in [3.05, 3.63) is 6.33 Å². The van der Waals surface area contributed by atoms with E-state index in [1.165, 1.54) is 25.6 Å². The van der Waals surface area contributed by atoms with Crippen LogP contribution in [0.15, 0.2) is 6.33 Å². The van der Waals surface area contributed by atoms with Crippen LogP contribution in [-0.4, -0.2) is 41.7 Å². The highest BCUT2D eigenvalue weighted by Gasteiger charge is 2.29. The first-order valence-corrected chi connectivity index (χ1v) is 9.37. The minimum absolute atomic E-state index is 0.134. The number of ether oxygens (including phenoxy) is 2. The highest BCUT2D eigenvalue weighted by atomic mass is 16.5. The molecule has 138 valence electrons. The van der Waals surface area contributed by atoms with E-state index in [0.717, 1.165) is 32.2 Å². The summed E-state index contributed by atoms with van der Waals surface area (Å²) in [6, 6.07) is 0. The van der Waals surface area contributed by atoms with Crippen LogP contribution in [-0.2, 0) is 9.53 Å². The minimum Gasteiger partial charge on any atom is -0.473 e. The van der Waals surface area contributed by atoms with Crippen molar-refractivity contribution in [2.24, 2.45) is 5.92 Å². The van der Waals surface area contributed by atoms with Gasteiger partial charge in [0.2, 0.25) is 5.88 Å². The van der Waals surface area contributed by atoms with Gasteiger partial charge in [0.25, 0.3) is 0 Å². The lowest BCUT2D eigenvalue weighted by molar-refractivity contribution is -0.148. The molecular formula is C18H28N4O3. The Morgan fingerprint density at radius 1 is 1.24 bits per heavy atom. The molecule has 2 aliphatic rings. The van der Waals surface area contributed by atoms with Gasteiger partial charge in [0, 0.05) is 13.1 Å². The number of hydrogen-bond donors (Lipinski definition) is 1. The molecule has 7 heteroatoms. The quantitative estimate of drug-likeness (QED) is 0.818. The van der Waals surface area contributed by atoms with Crippen molar-refractivity contribution in [2.75, 3.05) is 30.3 Å². The Kier molecular flexibility index (Phi) is 5.94. The van der Waals surface area contributed by atoms with Crippen molar-refractivity contribution in [2.45, 2.75) is 58.0 Å². The van der Waals surface area contributed by atoms with Crippen LogP contribution in [0.2, 0.25) is 0 Å². The third-order valence-electron chi connectivity index (χ3n) is 5.00. The molecule has 2 N–H and O–H groups in total. The van der Waals surface area contributed by atoms with Crippen LogP contribution in [0.5, 0.6) is 5.88 Å². The first-order valence-electron chi connectivity index (χ1n) is 9.37. The van der Waals surface area contributed by atoms with E-state index < -0.39 is 0 Å². The first kappa shape index (κ1) is 17.8. The van der Waals surface area contributed by atoms with Crippen LogP contribution >= 0.6 is 0 Å². The lowest BCUT2D eigenvalue weighted by atomic mass is 9.98. The van der Waals surface area contributed by atoms with E-state index in [9.17, 15) is 4.79 Å². The maximum absolute atomic E-state index is 12.1. The van der Waals surface area contributed by atoms with Crippen LogP contribution < -0.4 is 15.4 Å². The van der Waals surface area contributed by atoms with E-state index in [-0.39, 0.29) is 18.0 Å². The summed E-state index contributed by atoms with van der Waals surface area (Å²) in [5, 5.41) is 0. The van der Waals surface area contributed by atoms with Crippen LogP contribution in [0.4, 0.5) is 11.5 Å². The summed E-state index contributed by atoms with van der Waals surface area (Å²) in [7, 11) is 0. The fourth-order valence-corrected chi connectivity index (χ4v) is 3.68. The summed E-state index contributed by atoms with van der Waals surface area (Å²) >= 11 is 0. The zero-order chi connectivity index (χ0) is 17.6. The number of carbonyl (C=O) groups is 1. The summed E-state index contributed by atoms with van der Waals surface area (Å²) in [5.74, 6) is 0.856. The largest absolute Gasteiger partial charge is 0.473 e. The molecule has 25 heavy (non-hydrogen) atoms. The van der Waals surface area contributed by atoms with Crippen molar-refractivity contribution in [1.82, 2.24) is 9.97 Å². The van der Waals surface area contributed by atoms with E-state index in [4.69, 9.17) is 15.2 Å². The molecule has 1 atom stereocenters. The average molecular weight is 348 g/mol. The Hall–Kier alpha value is -2.05. The van der Waals surface area contributed by atoms with Gasteiger partial charge in [-0.2, -0.15) is 4.98 Å². The van der Waals surface area contributed by atoms with E-state index in [0.29, 0.717) is 30.5 Å².